The Kier molecular flexibility index (Phi) is 4.32. The van der Waals surface area contributed by atoms with Crippen LogP contribution in [0, 0.1) is 0 Å². The summed E-state index contributed by atoms with van der Waals surface area (Å²) in [6.07, 6.45) is 3.50. The van der Waals surface area contributed by atoms with Crippen LogP contribution in [0.2, 0.25) is 0 Å². The number of hydrogen-bond donors (Lipinski definition) is 2. The molecule has 0 aliphatic heterocycles. The number of H-pyrrole nitrogens is 1. The molecule has 148 valence electrons. The molecule has 0 spiro atoms. The fourth-order valence-corrected chi connectivity index (χ4v) is 3.42. The van der Waals surface area contributed by atoms with Crippen molar-refractivity contribution in [3.63, 3.8) is 0 Å². The van der Waals surface area contributed by atoms with Crippen molar-refractivity contribution >= 4 is 22.7 Å². The molecule has 9 nitrogen and oxygen atoms in total. The molecule has 3 heterocycles. The number of nitrogens with zero attached hydrogens (tertiary/aromatic N) is 5. The minimum absolute atomic E-state index is 0.190. The molecule has 0 saturated carbocycles. The second-order valence-electron chi connectivity index (χ2n) is 6.75. The molecule has 0 radical (unpaired) electrons. The van der Waals surface area contributed by atoms with Crippen molar-refractivity contribution in [3.05, 3.63) is 83.0 Å². The summed E-state index contributed by atoms with van der Waals surface area (Å²) < 4.78 is 3.40. The lowest BCUT2D eigenvalue weighted by Crippen LogP contribution is -2.30. The fourth-order valence-electron chi connectivity index (χ4n) is 3.42. The van der Waals surface area contributed by atoms with E-state index in [4.69, 9.17) is 0 Å². The summed E-state index contributed by atoms with van der Waals surface area (Å²) in [5.74, 6) is 0.966. The number of aromatic amines is 1. The number of para-hydroxylation sites is 2. The van der Waals surface area contributed by atoms with Crippen molar-refractivity contribution in [3.8, 4) is 11.4 Å². The number of carbonyl (C=O) groups excluding carboxylic acids is 1. The van der Waals surface area contributed by atoms with Gasteiger partial charge in [-0.15, -0.1) is 10.2 Å². The first-order valence-electron chi connectivity index (χ1n) is 9.43. The minimum atomic E-state index is -0.206. The molecule has 5 rings (SSSR count). The molecule has 2 aromatic carbocycles. The summed E-state index contributed by atoms with van der Waals surface area (Å²) >= 11 is 0. The molecule has 0 bridgehead atoms. The maximum Gasteiger partial charge on any atom is 0.326 e. The van der Waals surface area contributed by atoms with Crippen molar-refractivity contribution in [2.75, 3.05) is 6.54 Å². The van der Waals surface area contributed by atoms with Gasteiger partial charge in [0, 0.05) is 36.6 Å². The molecule has 0 unspecified atom stereocenters. The van der Waals surface area contributed by atoms with Gasteiger partial charge in [0.2, 0.25) is 0 Å². The number of hydrogen-bond acceptors (Lipinski definition) is 5. The minimum Gasteiger partial charge on any atom is -0.350 e. The van der Waals surface area contributed by atoms with Crippen LogP contribution in [-0.2, 0) is 6.54 Å². The lowest BCUT2D eigenvalue weighted by molar-refractivity contribution is 0.0952. The van der Waals surface area contributed by atoms with Crippen LogP contribution >= 0.6 is 0 Å². The first-order chi connectivity index (χ1) is 14.7. The van der Waals surface area contributed by atoms with E-state index in [0.29, 0.717) is 30.3 Å². The third-order valence-electron chi connectivity index (χ3n) is 4.90. The molecular weight excluding hydrogens is 382 g/mol. The lowest BCUT2D eigenvalue weighted by Gasteiger charge is -2.07. The van der Waals surface area contributed by atoms with E-state index in [9.17, 15) is 9.59 Å². The van der Waals surface area contributed by atoms with E-state index >= 15 is 0 Å². The van der Waals surface area contributed by atoms with E-state index in [-0.39, 0.29) is 11.6 Å². The van der Waals surface area contributed by atoms with E-state index in [1.807, 2.05) is 42.6 Å². The van der Waals surface area contributed by atoms with Crippen LogP contribution in [0.3, 0.4) is 0 Å². The van der Waals surface area contributed by atoms with Gasteiger partial charge in [0.25, 0.3) is 11.7 Å². The second kappa shape index (κ2) is 7.28. The molecule has 0 fully saturated rings. The number of carbonyl (C=O) groups is 1. The zero-order valence-electron chi connectivity index (χ0n) is 15.8. The summed E-state index contributed by atoms with van der Waals surface area (Å²) in [5, 5.41) is 11.1. The smallest absolute Gasteiger partial charge is 0.326 e. The molecule has 30 heavy (non-hydrogen) atoms. The van der Waals surface area contributed by atoms with Crippen molar-refractivity contribution in [1.82, 2.24) is 34.4 Å². The first-order valence-corrected chi connectivity index (χ1v) is 9.43. The Balaban J connectivity index is 1.27. The van der Waals surface area contributed by atoms with Gasteiger partial charge < -0.3 is 10.3 Å². The standard InChI is InChI=1S/C21H17N7O2/c29-19(22-11-13-27-17-5-2-1-4-16(17)24-21(27)30)15-8-6-14(7-9-15)18-25-26-20-23-10-3-12-28(18)20/h1-10,12H,11,13H2,(H,22,29)(H,24,30). The van der Waals surface area contributed by atoms with Crippen LogP contribution in [0.15, 0.2) is 71.8 Å². The predicted molar refractivity (Wildman–Crippen MR) is 111 cm³/mol. The molecular formula is C21H17N7O2. The van der Waals surface area contributed by atoms with E-state index in [1.54, 1.807) is 33.4 Å². The zero-order valence-corrected chi connectivity index (χ0v) is 15.8. The fraction of sp³-hybridized carbons (Fsp3) is 0.0952. The highest BCUT2D eigenvalue weighted by Gasteiger charge is 2.11. The largest absolute Gasteiger partial charge is 0.350 e. The Labute approximate surface area is 170 Å². The van der Waals surface area contributed by atoms with Crippen LogP contribution in [0.25, 0.3) is 28.2 Å². The highest BCUT2D eigenvalue weighted by atomic mass is 16.2. The van der Waals surface area contributed by atoms with Crippen LogP contribution in [0.1, 0.15) is 10.4 Å². The van der Waals surface area contributed by atoms with Gasteiger partial charge >= 0.3 is 5.69 Å². The van der Waals surface area contributed by atoms with Crippen LogP contribution in [-0.4, -0.2) is 41.6 Å². The van der Waals surface area contributed by atoms with Crippen LogP contribution < -0.4 is 11.0 Å². The zero-order chi connectivity index (χ0) is 20.5. The summed E-state index contributed by atoms with van der Waals surface area (Å²) in [7, 11) is 0. The summed E-state index contributed by atoms with van der Waals surface area (Å²) in [6.45, 7) is 0.716. The van der Waals surface area contributed by atoms with Gasteiger partial charge in [-0.25, -0.2) is 9.78 Å². The molecule has 9 heteroatoms. The number of nitrogens with one attached hydrogen (secondary N) is 2. The van der Waals surface area contributed by atoms with Gasteiger partial charge in [0.1, 0.15) is 0 Å². The number of aromatic nitrogens is 6. The highest BCUT2D eigenvalue weighted by molar-refractivity contribution is 5.94. The Morgan fingerprint density at radius 1 is 1.03 bits per heavy atom. The molecule has 5 aromatic rings. The molecule has 0 aliphatic rings. The predicted octanol–water partition coefficient (Wildman–Crippen LogP) is 1.86. The monoisotopic (exact) mass is 399 g/mol. The molecule has 0 atom stereocenters. The topological polar surface area (TPSA) is 110 Å². The Morgan fingerprint density at radius 2 is 1.87 bits per heavy atom. The van der Waals surface area contributed by atoms with Gasteiger partial charge in [-0.3, -0.25) is 13.8 Å². The van der Waals surface area contributed by atoms with E-state index in [2.05, 4.69) is 25.5 Å². The second-order valence-corrected chi connectivity index (χ2v) is 6.75. The summed E-state index contributed by atoms with van der Waals surface area (Å²) in [5.41, 5.74) is 2.76. The Morgan fingerprint density at radius 3 is 2.73 bits per heavy atom. The van der Waals surface area contributed by atoms with Gasteiger partial charge in [0.05, 0.1) is 11.0 Å². The van der Waals surface area contributed by atoms with E-state index in [1.165, 1.54) is 0 Å². The molecule has 3 aromatic heterocycles. The number of rotatable bonds is 5. The first kappa shape index (κ1) is 17.8. The molecule has 1 amide bonds. The number of fused-ring (bicyclic) bond motifs is 2. The maximum absolute atomic E-state index is 12.5. The molecule has 2 N–H and O–H groups in total. The Hall–Kier alpha value is -4.27. The normalized spacial score (nSPS) is 11.2. The highest BCUT2D eigenvalue weighted by Crippen LogP contribution is 2.18. The number of amides is 1. The van der Waals surface area contributed by atoms with Gasteiger partial charge in [0.15, 0.2) is 5.82 Å². The van der Waals surface area contributed by atoms with Crippen LogP contribution in [0.5, 0.6) is 0 Å². The average molecular weight is 399 g/mol. The van der Waals surface area contributed by atoms with Crippen LogP contribution in [0.4, 0.5) is 0 Å². The summed E-state index contributed by atoms with van der Waals surface area (Å²) in [4.78, 5) is 31.5. The van der Waals surface area contributed by atoms with Gasteiger partial charge in [-0.2, -0.15) is 0 Å². The molecule has 0 saturated heterocycles. The Bertz CT molecular complexity index is 1410. The average Bonchev–Trinajstić information content (AvgIpc) is 3.35. The SMILES string of the molecule is O=C(NCCn1c(=O)[nH]c2ccccc21)c1ccc(-c2nnc3ncccn23)cc1. The van der Waals surface area contributed by atoms with E-state index < -0.39 is 0 Å². The lowest BCUT2D eigenvalue weighted by atomic mass is 10.1. The quantitative estimate of drug-likeness (QED) is 0.469. The molecule has 0 aliphatic carbocycles. The van der Waals surface area contributed by atoms with Crippen molar-refractivity contribution in [2.24, 2.45) is 0 Å². The van der Waals surface area contributed by atoms with Gasteiger partial charge in [-0.1, -0.05) is 24.3 Å². The summed E-state index contributed by atoms with van der Waals surface area (Å²) in [6, 6.07) is 16.4. The third kappa shape index (κ3) is 3.12. The van der Waals surface area contributed by atoms with Crippen molar-refractivity contribution in [2.45, 2.75) is 6.54 Å². The van der Waals surface area contributed by atoms with Crippen molar-refractivity contribution in [1.29, 1.82) is 0 Å². The van der Waals surface area contributed by atoms with Crippen molar-refractivity contribution < 1.29 is 4.79 Å². The maximum atomic E-state index is 12.5. The number of imidazole rings is 1. The van der Waals surface area contributed by atoms with Gasteiger partial charge in [-0.05, 0) is 30.3 Å². The van der Waals surface area contributed by atoms with E-state index in [0.717, 1.165) is 16.6 Å². The third-order valence-corrected chi connectivity index (χ3v) is 4.90. The number of benzene rings is 2.